The number of hydrogen-bond donors (Lipinski definition) is 3. The number of amides is 3. The molecule has 0 saturated heterocycles. The summed E-state index contributed by atoms with van der Waals surface area (Å²) in [5.41, 5.74) is 2.17. The molecule has 0 bridgehead atoms. The second-order valence-electron chi connectivity index (χ2n) is 6.87. The number of carbonyl (C=O) groups excluding carboxylic acids is 3. The van der Waals surface area contributed by atoms with Crippen molar-refractivity contribution >= 4 is 18.2 Å². The van der Waals surface area contributed by atoms with E-state index in [1.54, 1.807) is 0 Å². The summed E-state index contributed by atoms with van der Waals surface area (Å²) in [5, 5.41) is 13.6. The van der Waals surface area contributed by atoms with Gasteiger partial charge in [-0.05, 0) is 24.0 Å². The van der Waals surface area contributed by atoms with Crippen molar-refractivity contribution in [2.24, 2.45) is 11.8 Å². The minimum Gasteiger partial charge on any atom is -0.301 e. The predicted octanol–water partition coefficient (Wildman–Crippen LogP) is 0.974. The monoisotopic (exact) mass is 376 g/mol. The van der Waals surface area contributed by atoms with Crippen molar-refractivity contribution in [2.75, 3.05) is 6.54 Å². The number of nitrogens with zero attached hydrogens (tertiary/aromatic N) is 2. The van der Waals surface area contributed by atoms with Crippen LogP contribution in [-0.2, 0) is 27.3 Å². The highest BCUT2D eigenvalue weighted by Gasteiger charge is 2.33. The molecule has 1 aliphatic rings. The fourth-order valence-corrected chi connectivity index (χ4v) is 3.30. The quantitative estimate of drug-likeness (QED) is 0.148. The summed E-state index contributed by atoms with van der Waals surface area (Å²) in [5.74, 6) is 4.02. The first-order valence-electron chi connectivity index (χ1n) is 9.31. The van der Waals surface area contributed by atoms with Crippen LogP contribution in [0.4, 0.5) is 0 Å². The molecule has 1 aliphatic heterocycles. The van der Waals surface area contributed by atoms with E-state index in [-0.39, 0.29) is 13.0 Å². The van der Waals surface area contributed by atoms with Gasteiger partial charge in [0.15, 0.2) is 0 Å². The fraction of sp³-hybridized carbons (Fsp3) is 0.526. The van der Waals surface area contributed by atoms with E-state index in [0.717, 1.165) is 30.4 Å². The van der Waals surface area contributed by atoms with Crippen molar-refractivity contribution in [1.29, 1.82) is 0 Å². The van der Waals surface area contributed by atoms with Gasteiger partial charge in [0, 0.05) is 6.54 Å². The lowest BCUT2D eigenvalue weighted by atomic mass is 9.95. The van der Waals surface area contributed by atoms with E-state index < -0.39 is 23.8 Å². The van der Waals surface area contributed by atoms with Crippen LogP contribution in [0.3, 0.4) is 0 Å². The van der Waals surface area contributed by atoms with Crippen LogP contribution in [0, 0.1) is 5.92 Å². The molecule has 27 heavy (non-hydrogen) atoms. The molecule has 1 aromatic rings. The van der Waals surface area contributed by atoms with Crippen LogP contribution < -0.4 is 11.2 Å². The minimum atomic E-state index is -0.725. The maximum atomic E-state index is 12.7. The van der Waals surface area contributed by atoms with Crippen molar-refractivity contribution in [2.45, 2.75) is 51.6 Å². The van der Waals surface area contributed by atoms with Crippen LogP contribution >= 0.6 is 0 Å². The number of unbranched alkanes of at least 4 members (excludes halogenated alkanes) is 2. The molecule has 1 heterocycles. The van der Waals surface area contributed by atoms with Gasteiger partial charge < -0.3 is 5.32 Å². The standard InChI is InChI=1S/C19H28N4O4/c1-2-3-4-9-16(12-22(27)13-24)18(25)23(20)19(26)17-10-14-7-5-6-8-15(14)11-21-17/h5-8,13,16-17,21,27H,2-4,9-12,20H2,1H3/t16-,17+/m1/s1. The van der Waals surface area contributed by atoms with Gasteiger partial charge >= 0.3 is 0 Å². The molecular weight excluding hydrogens is 348 g/mol. The van der Waals surface area contributed by atoms with Crippen LogP contribution in [0.1, 0.15) is 43.7 Å². The SMILES string of the molecule is CCCCC[C@H](CN(O)C=O)C(=O)N(N)C(=O)[C@@H]1Cc2ccccc2CN1. The Morgan fingerprint density at radius 1 is 1.33 bits per heavy atom. The van der Waals surface area contributed by atoms with Gasteiger partial charge in [-0.2, -0.15) is 0 Å². The summed E-state index contributed by atoms with van der Waals surface area (Å²) in [7, 11) is 0. The first kappa shape index (κ1) is 21.0. The highest BCUT2D eigenvalue weighted by molar-refractivity contribution is 5.98. The molecule has 2 atom stereocenters. The van der Waals surface area contributed by atoms with Crippen LogP contribution in [-0.4, -0.2) is 46.1 Å². The van der Waals surface area contributed by atoms with Gasteiger partial charge in [-0.1, -0.05) is 50.5 Å². The molecule has 3 amide bonds. The zero-order valence-electron chi connectivity index (χ0n) is 15.6. The Morgan fingerprint density at radius 3 is 2.70 bits per heavy atom. The predicted molar refractivity (Wildman–Crippen MR) is 99.0 cm³/mol. The number of hydrazine groups is 1. The van der Waals surface area contributed by atoms with Gasteiger partial charge in [-0.25, -0.2) is 15.9 Å². The molecule has 8 heteroatoms. The smallest absolute Gasteiger partial charge is 0.261 e. The molecule has 0 radical (unpaired) electrons. The Labute approximate surface area is 159 Å². The first-order valence-corrected chi connectivity index (χ1v) is 9.31. The van der Waals surface area contributed by atoms with E-state index in [1.165, 1.54) is 0 Å². The lowest BCUT2D eigenvalue weighted by Gasteiger charge is -2.29. The summed E-state index contributed by atoms with van der Waals surface area (Å²) in [6, 6.07) is 7.22. The van der Waals surface area contributed by atoms with E-state index in [2.05, 4.69) is 5.32 Å². The highest BCUT2D eigenvalue weighted by Crippen LogP contribution is 2.18. The lowest BCUT2D eigenvalue weighted by Crippen LogP contribution is -2.56. The summed E-state index contributed by atoms with van der Waals surface area (Å²) >= 11 is 0. The van der Waals surface area contributed by atoms with E-state index in [4.69, 9.17) is 5.84 Å². The highest BCUT2D eigenvalue weighted by atomic mass is 16.5. The molecule has 4 N–H and O–H groups in total. The molecule has 148 valence electrons. The molecule has 0 aliphatic carbocycles. The van der Waals surface area contributed by atoms with Gasteiger partial charge in [0.25, 0.3) is 5.91 Å². The number of carbonyl (C=O) groups is 3. The molecule has 2 rings (SSSR count). The molecule has 1 aromatic carbocycles. The number of rotatable bonds is 9. The van der Waals surface area contributed by atoms with Crippen LogP contribution in [0.15, 0.2) is 24.3 Å². The number of benzene rings is 1. The van der Waals surface area contributed by atoms with Crippen molar-refractivity contribution in [3.63, 3.8) is 0 Å². The maximum absolute atomic E-state index is 12.7. The van der Waals surface area contributed by atoms with Gasteiger partial charge in [-0.15, -0.1) is 0 Å². The van der Waals surface area contributed by atoms with Crippen LogP contribution in [0.5, 0.6) is 0 Å². The first-order chi connectivity index (χ1) is 13.0. The molecule has 0 unspecified atom stereocenters. The third kappa shape index (κ3) is 5.59. The van der Waals surface area contributed by atoms with Gasteiger partial charge in [0.2, 0.25) is 12.3 Å². The molecule has 0 fully saturated rings. The summed E-state index contributed by atoms with van der Waals surface area (Å²) in [6.07, 6.45) is 3.76. The molecular formula is C19H28N4O4. The maximum Gasteiger partial charge on any atom is 0.261 e. The zero-order valence-corrected chi connectivity index (χ0v) is 15.6. The number of fused-ring (bicyclic) bond motifs is 1. The largest absolute Gasteiger partial charge is 0.301 e. The summed E-state index contributed by atoms with van der Waals surface area (Å²) < 4.78 is 0. The molecule has 8 nitrogen and oxygen atoms in total. The third-order valence-electron chi connectivity index (χ3n) is 4.89. The Bertz CT molecular complexity index is 667. The topological polar surface area (TPSA) is 116 Å². The van der Waals surface area contributed by atoms with Crippen molar-refractivity contribution in [1.82, 2.24) is 15.4 Å². The average molecular weight is 376 g/mol. The second-order valence-corrected chi connectivity index (χ2v) is 6.87. The Kier molecular flexibility index (Phi) is 7.90. The van der Waals surface area contributed by atoms with Crippen LogP contribution in [0.2, 0.25) is 0 Å². The number of nitrogens with one attached hydrogen (secondary N) is 1. The number of nitrogens with two attached hydrogens (primary N) is 1. The van der Waals surface area contributed by atoms with E-state index in [9.17, 15) is 19.6 Å². The number of hydrogen-bond acceptors (Lipinski definition) is 6. The zero-order chi connectivity index (χ0) is 19.8. The Hall–Kier alpha value is -2.29. The van der Waals surface area contributed by atoms with Gasteiger partial charge in [0.05, 0.1) is 18.5 Å². The van der Waals surface area contributed by atoms with Crippen LogP contribution in [0.25, 0.3) is 0 Å². The Morgan fingerprint density at radius 2 is 2.04 bits per heavy atom. The van der Waals surface area contributed by atoms with Crippen molar-refractivity contribution < 1.29 is 19.6 Å². The summed E-state index contributed by atoms with van der Waals surface area (Å²) in [6.45, 7) is 2.38. The van der Waals surface area contributed by atoms with Gasteiger partial charge in [-0.3, -0.25) is 19.6 Å². The normalized spacial score (nSPS) is 16.9. The fourth-order valence-electron chi connectivity index (χ4n) is 3.30. The number of imide groups is 1. The number of hydroxylamine groups is 2. The van der Waals surface area contributed by atoms with E-state index in [1.807, 2.05) is 31.2 Å². The van der Waals surface area contributed by atoms with E-state index in [0.29, 0.717) is 29.5 Å². The summed E-state index contributed by atoms with van der Waals surface area (Å²) in [4.78, 5) is 36.1. The van der Waals surface area contributed by atoms with Crippen molar-refractivity contribution in [3.8, 4) is 0 Å². The minimum absolute atomic E-state index is 0.187. The molecule has 0 saturated carbocycles. The Balaban J connectivity index is 2.03. The van der Waals surface area contributed by atoms with E-state index >= 15 is 0 Å². The molecule has 0 spiro atoms. The van der Waals surface area contributed by atoms with Gasteiger partial charge in [0.1, 0.15) is 0 Å². The average Bonchev–Trinajstić information content (AvgIpc) is 2.70. The third-order valence-corrected chi connectivity index (χ3v) is 4.89. The second kappa shape index (κ2) is 10.1. The molecule has 0 aromatic heterocycles. The lowest BCUT2D eigenvalue weighted by molar-refractivity contribution is -0.159. The van der Waals surface area contributed by atoms with Crippen molar-refractivity contribution in [3.05, 3.63) is 35.4 Å².